The average molecular weight is 335 g/mol. The van der Waals surface area contributed by atoms with Crippen LogP contribution in [0.5, 0.6) is 0 Å². The molecule has 0 atom stereocenters. The van der Waals surface area contributed by atoms with Crippen LogP contribution in [0.25, 0.3) is 22.6 Å². The fourth-order valence-electron chi connectivity index (χ4n) is 2.72. The van der Waals surface area contributed by atoms with Gasteiger partial charge in [0.15, 0.2) is 16.9 Å². The molecule has 0 spiro atoms. The first-order chi connectivity index (χ1) is 12.0. The molecule has 0 fully saturated rings. The van der Waals surface area contributed by atoms with Crippen molar-refractivity contribution in [1.82, 2.24) is 25.0 Å². The Bertz CT molecular complexity index is 1080. The Morgan fingerprint density at radius 3 is 2.68 bits per heavy atom. The summed E-state index contributed by atoms with van der Waals surface area (Å²) in [5.74, 6) is 0.737. The highest BCUT2D eigenvalue weighted by atomic mass is 16.3. The lowest BCUT2D eigenvalue weighted by Crippen LogP contribution is -2.05. The van der Waals surface area contributed by atoms with Gasteiger partial charge in [0, 0.05) is 5.69 Å². The van der Waals surface area contributed by atoms with Crippen LogP contribution in [0.1, 0.15) is 16.7 Å². The second-order valence-corrected chi connectivity index (χ2v) is 6.03. The topological polar surface area (TPSA) is 122 Å². The third-order valence-electron chi connectivity index (χ3n) is 4.01. The first-order valence-corrected chi connectivity index (χ1v) is 7.78. The number of aryl methyl sites for hydroxylation is 2. The number of benzene rings is 1. The minimum atomic E-state index is 0.147. The zero-order valence-electron chi connectivity index (χ0n) is 13.9. The van der Waals surface area contributed by atoms with Crippen LogP contribution in [-0.4, -0.2) is 25.0 Å². The monoisotopic (exact) mass is 335 g/mol. The van der Waals surface area contributed by atoms with Crippen molar-refractivity contribution in [3.05, 3.63) is 47.2 Å². The largest absolute Gasteiger partial charge is 0.462 e. The van der Waals surface area contributed by atoms with Gasteiger partial charge in [0.05, 0.1) is 12.8 Å². The molecule has 4 rings (SSSR count). The number of fused-ring (bicyclic) bond motifs is 1. The molecular weight excluding hydrogens is 318 g/mol. The van der Waals surface area contributed by atoms with Gasteiger partial charge >= 0.3 is 0 Å². The molecule has 3 aromatic heterocycles. The van der Waals surface area contributed by atoms with Crippen LogP contribution in [0.2, 0.25) is 0 Å². The molecule has 8 heteroatoms. The van der Waals surface area contributed by atoms with E-state index in [-0.39, 0.29) is 5.95 Å². The zero-order valence-corrected chi connectivity index (χ0v) is 13.9. The first kappa shape index (κ1) is 15.1. The molecule has 126 valence electrons. The molecule has 8 nitrogen and oxygen atoms in total. The Morgan fingerprint density at radius 1 is 1.12 bits per heavy atom. The summed E-state index contributed by atoms with van der Waals surface area (Å²) in [5.41, 5.74) is 17.2. The van der Waals surface area contributed by atoms with Gasteiger partial charge in [-0.15, -0.1) is 5.10 Å². The number of nitrogens with two attached hydrogens (primary N) is 2. The van der Waals surface area contributed by atoms with Crippen molar-refractivity contribution in [3.8, 4) is 11.5 Å². The summed E-state index contributed by atoms with van der Waals surface area (Å²) in [6.07, 6.45) is 1.65. The van der Waals surface area contributed by atoms with Gasteiger partial charge in [-0.3, -0.25) is 0 Å². The molecule has 0 radical (unpaired) electrons. The highest BCUT2D eigenvalue weighted by molar-refractivity contribution is 5.86. The normalized spacial score (nSPS) is 11.3. The summed E-state index contributed by atoms with van der Waals surface area (Å²) in [6.45, 7) is 4.41. The lowest BCUT2D eigenvalue weighted by molar-refractivity contribution is 0.578. The van der Waals surface area contributed by atoms with Crippen LogP contribution in [-0.2, 0) is 6.54 Å². The lowest BCUT2D eigenvalue weighted by atomic mass is 10.1. The van der Waals surface area contributed by atoms with Crippen molar-refractivity contribution in [2.75, 3.05) is 11.5 Å². The van der Waals surface area contributed by atoms with Crippen LogP contribution >= 0.6 is 0 Å². The SMILES string of the molecule is Cc1coc(-c2nc(N)nc3c2nnn3Cc2ccc(N)c(C)c2)c1. The average Bonchev–Trinajstić information content (AvgIpc) is 3.17. The number of aromatic nitrogens is 5. The van der Waals surface area contributed by atoms with Gasteiger partial charge in [0.2, 0.25) is 5.95 Å². The summed E-state index contributed by atoms with van der Waals surface area (Å²) in [6, 6.07) is 7.73. The molecule has 4 N–H and O–H groups in total. The summed E-state index contributed by atoms with van der Waals surface area (Å²) in [4.78, 5) is 8.57. The molecule has 25 heavy (non-hydrogen) atoms. The molecule has 0 aliphatic rings. The van der Waals surface area contributed by atoms with E-state index < -0.39 is 0 Å². The second kappa shape index (κ2) is 5.59. The summed E-state index contributed by atoms with van der Waals surface area (Å²) in [7, 11) is 0. The molecular formula is C17H17N7O. The highest BCUT2D eigenvalue weighted by Gasteiger charge is 2.17. The molecule has 1 aromatic carbocycles. The fourth-order valence-corrected chi connectivity index (χ4v) is 2.72. The number of hydrogen-bond donors (Lipinski definition) is 2. The standard InChI is InChI=1S/C17H17N7O/c1-9-5-13(25-8-9)14-15-16(21-17(19)20-14)24(23-22-15)7-11-3-4-12(18)10(2)6-11/h3-6,8H,7,18H2,1-2H3,(H2,19,20,21). The van der Waals surface area contributed by atoms with Gasteiger partial charge in [-0.1, -0.05) is 17.3 Å². The predicted octanol–water partition coefficient (Wildman–Crippen LogP) is 2.31. The maximum Gasteiger partial charge on any atom is 0.222 e. The Labute approximate surface area is 143 Å². The number of anilines is 2. The van der Waals surface area contributed by atoms with E-state index in [1.165, 1.54) is 0 Å². The Kier molecular flexibility index (Phi) is 3.38. The van der Waals surface area contributed by atoms with Gasteiger partial charge in [-0.05, 0) is 42.7 Å². The molecule has 0 amide bonds. The number of rotatable bonds is 3. The van der Waals surface area contributed by atoms with Crippen molar-refractivity contribution in [2.45, 2.75) is 20.4 Å². The van der Waals surface area contributed by atoms with E-state index in [9.17, 15) is 0 Å². The third kappa shape index (κ3) is 2.67. The van der Waals surface area contributed by atoms with Crippen LogP contribution in [0, 0.1) is 13.8 Å². The van der Waals surface area contributed by atoms with E-state index >= 15 is 0 Å². The first-order valence-electron chi connectivity index (χ1n) is 7.78. The van der Waals surface area contributed by atoms with Crippen molar-refractivity contribution in [1.29, 1.82) is 0 Å². The fraction of sp³-hybridized carbons (Fsp3) is 0.176. The molecule has 0 saturated heterocycles. The van der Waals surface area contributed by atoms with Crippen LogP contribution in [0.15, 0.2) is 34.9 Å². The van der Waals surface area contributed by atoms with Gasteiger partial charge < -0.3 is 15.9 Å². The summed E-state index contributed by atoms with van der Waals surface area (Å²) in [5, 5.41) is 8.44. The molecule has 0 unspecified atom stereocenters. The van der Waals surface area contributed by atoms with Gasteiger partial charge in [-0.25, -0.2) is 9.67 Å². The van der Waals surface area contributed by atoms with Gasteiger partial charge in [0.1, 0.15) is 5.69 Å². The lowest BCUT2D eigenvalue weighted by Gasteiger charge is -2.06. The quantitative estimate of drug-likeness (QED) is 0.551. The molecule has 3 heterocycles. The van der Waals surface area contributed by atoms with Gasteiger partial charge in [0.25, 0.3) is 0 Å². The van der Waals surface area contributed by atoms with E-state index in [2.05, 4.69) is 20.3 Å². The zero-order chi connectivity index (χ0) is 17.6. The van der Waals surface area contributed by atoms with E-state index in [1.54, 1.807) is 10.9 Å². The number of furan rings is 1. The Morgan fingerprint density at radius 2 is 1.96 bits per heavy atom. The minimum Gasteiger partial charge on any atom is -0.462 e. The number of nitrogens with zero attached hydrogens (tertiary/aromatic N) is 5. The van der Waals surface area contributed by atoms with E-state index in [1.807, 2.05) is 38.1 Å². The Balaban J connectivity index is 1.81. The van der Waals surface area contributed by atoms with Crippen LogP contribution in [0.4, 0.5) is 11.6 Å². The molecule has 0 aliphatic carbocycles. The van der Waals surface area contributed by atoms with Crippen molar-refractivity contribution in [2.24, 2.45) is 0 Å². The van der Waals surface area contributed by atoms with E-state index in [0.29, 0.717) is 29.2 Å². The van der Waals surface area contributed by atoms with E-state index in [0.717, 1.165) is 22.4 Å². The summed E-state index contributed by atoms with van der Waals surface area (Å²) >= 11 is 0. The van der Waals surface area contributed by atoms with Crippen molar-refractivity contribution < 1.29 is 4.42 Å². The maximum absolute atomic E-state index is 5.88. The van der Waals surface area contributed by atoms with Gasteiger partial charge in [-0.2, -0.15) is 4.98 Å². The van der Waals surface area contributed by atoms with Crippen LogP contribution < -0.4 is 11.5 Å². The molecule has 0 aliphatic heterocycles. The molecule has 0 bridgehead atoms. The number of nitrogen functional groups attached to an aromatic ring is 2. The predicted molar refractivity (Wildman–Crippen MR) is 94.7 cm³/mol. The third-order valence-corrected chi connectivity index (χ3v) is 4.01. The van der Waals surface area contributed by atoms with Crippen molar-refractivity contribution >= 4 is 22.8 Å². The van der Waals surface area contributed by atoms with E-state index in [4.69, 9.17) is 15.9 Å². The molecule has 4 aromatic rings. The minimum absolute atomic E-state index is 0.147. The number of hydrogen-bond acceptors (Lipinski definition) is 7. The maximum atomic E-state index is 5.88. The molecule has 0 saturated carbocycles. The smallest absolute Gasteiger partial charge is 0.222 e. The Hall–Kier alpha value is -3.42. The second-order valence-electron chi connectivity index (χ2n) is 6.03. The summed E-state index contributed by atoms with van der Waals surface area (Å²) < 4.78 is 7.23. The van der Waals surface area contributed by atoms with Crippen LogP contribution in [0.3, 0.4) is 0 Å². The van der Waals surface area contributed by atoms with Crippen molar-refractivity contribution in [3.63, 3.8) is 0 Å². The highest BCUT2D eigenvalue weighted by Crippen LogP contribution is 2.27.